The van der Waals surface area contributed by atoms with Crippen molar-refractivity contribution in [3.63, 3.8) is 0 Å². The molecule has 1 aliphatic rings. The Morgan fingerprint density at radius 3 is 2.17 bits per heavy atom. The SMILES string of the molecule is Cc1cc(CN2CCS(=O)(=O)CC2)cc(C)c1O. The minimum atomic E-state index is -2.81. The van der Waals surface area contributed by atoms with Gasteiger partial charge in [0.15, 0.2) is 9.84 Å². The van der Waals surface area contributed by atoms with Crippen LogP contribution in [0.2, 0.25) is 0 Å². The smallest absolute Gasteiger partial charge is 0.152 e. The van der Waals surface area contributed by atoms with Gasteiger partial charge in [-0.15, -0.1) is 0 Å². The highest BCUT2D eigenvalue weighted by Crippen LogP contribution is 2.23. The predicted molar refractivity (Wildman–Crippen MR) is 71.5 cm³/mol. The molecule has 0 saturated carbocycles. The van der Waals surface area contributed by atoms with Crippen molar-refractivity contribution in [2.45, 2.75) is 20.4 Å². The minimum absolute atomic E-state index is 0.253. The second-order valence-corrected chi connectivity index (χ2v) is 7.31. The van der Waals surface area contributed by atoms with E-state index < -0.39 is 9.84 Å². The summed E-state index contributed by atoms with van der Waals surface area (Å²) in [5.74, 6) is 0.853. The first kappa shape index (κ1) is 13.4. The zero-order valence-corrected chi connectivity index (χ0v) is 11.6. The summed E-state index contributed by atoms with van der Waals surface area (Å²) in [5, 5.41) is 9.71. The van der Waals surface area contributed by atoms with Crippen molar-refractivity contribution >= 4 is 9.84 Å². The molecule has 1 saturated heterocycles. The second-order valence-electron chi connectivity index (χ2n) is 5.01. The van der Waals surface area contributed by atoms with Crippen molar-refractivity contribution in [1.82, 2.24) is 4.90 Å². The highest BCUT2D eigenvalue weighted by Gasteiger charge is 2.21. The van der Waals surface area contributed by atoms with Gasteiger partial charge >= 0.3 is 0 Å². The van der Waals surface area contributed by atoms with Gasteiger partial charge in [-0.25, -0.2) is 8.42 Å². The Bertz CT molecular complexity index is 514. The van der Waals surface area contributed by atoms with Gasteiger partial charge in [0.1, 0.15) is 5.75 Å². The maximum atomic E-state index is 11.3. The molecule has 1 aliphatic heterocycles. The summed E-state index contributed by atoms with van der Waals surface area (Å²) >= 11 is 0. The molecular weight excluding hydrogens is 250 g/mol. The van der Waals surface area contributed by atoms with E-state index in [1.807, 2.05) is 26.0 Å². The third kappa shape index (κ3) is 3.03. The first-order valence-electron chi connectivity index (χ1n) is 6.09. The number of hydrogen-bond donors (Lipinski definition) is 1. The lowest BCUT2D eigenvalue weighted by Gasteiger charge is -2.26. The monoisotopic (exact) mass is 269 g/mol. The maximum Gasteiger partial charge on any atom is 0.152 e. The molecule has 1 heterocycles. The molecule has 0 unspecified atom stereocenters. The minimum Gasteiger partial charge on any atom is -0.507 e. The first-order chi connectivity index (χ1) is 8.37. The van der Waals surface area contributed by atoms with Crippen molar-refractivity contribution < 1.29 is 13.5 Å². The van der Waals surface area contributed by atoms with Crippen molar-refractivity contribution in [2.24, 2.45) is 0 Å². The van der Waals surface area contributed by atoms with Gasteiger partial charge in [-0.1, -0.05) is 12.1 Å². The van der Waals surface area contributed by atoms with Crippen LogP contribution in [-0.2, 0) is 16.4 Å². The van der Waals surface area contributed by atoms with Crippen LogP contribution in [-0.4, -0.2) is 43.0 Å². The third-order valence-electron chi connectivity index (χ3n) is 3.39. The number of benzene rings is 1. The highest BCUT2D eigenvalue weighted by molar-refractivity contribution is 7.91. The van der Waals surface area contributed by atoms with Crippen molar-refractivity contribution in [3.8, 4) is 5.75 Å². The van der Waals surface area contributed by atoms with E-state index in [9.17, 15) is 13.5 Å². The molecule has 0 aliphatic carbocycles. The molecule has 0 aromatic heterocycles. The summed E-state index contributed by atoms with van der Waals surface area (Å²) in [6.07, 6.45) is 0. The molecule has 1 fully saturated rings. The fraction of sp³-hybridized carbons (Fsp3) is 0.538. The number of phenolic OH excluding ortho intramolecular Hbond substituents is 1. The van der Waals surface area contributed by atoms with Crippen LogP contribution in [0.1, 0.15) is 16.7 Å². The van der Waals surface area contributed by atoms with Crippen molar-refractivity contribution in [1.29, 1.82) is 0 Å². The summed E-state index contributed by atoms with van der Waals surface area (Å²) in [7, 11) is -2.81. The third-order valence-corrected chi connectivity index (χ3v) is 5.00. The Labute approximate surface area is 108 Å². The van der Waals surface area contributed by atoms with Gasteiger partial charge in [-0.2, -0.15) is 0 Å². The van der Waals surface area contributed by atoms with Crippen LogP contribution in [0, 0.1) is 13.8 Å². The Hall–Kier alpha value is -1.07. The molecule has 1 aromatic carbocycles. The molecule has 5 heteroatoms. The van der Waals surface area contributed by atoms with E-state index in [4.69, 9.17) is 0 Å². The van der Waals surface area contributed by atoms with E-state index in [-0.39, 0.29) is 11.5 Å². The fourth-order valence-electron chi connectivity index (χ4n) is 2.30. The van der Waals surface area contributed by atoms with Crippen LogP contribution < -0.4 is 0 Å². The number of nitrogens with zero attached hydrogens (tertiary/aromatic N) is 1. The molecule has 4 nitrogen and oxygen atoms in total. The van der Waals surface area contributed by atoms with Crippen molar-refractivity contribution in [3.05, 3.63) is 28.8 Å². The Balaban J connectivity index is 2.07. The molecule has 0 amide bonds. The van der Waals surface area contributed by atoms with Crippen LogP contribution in [0.25, 0.3) is 0 Å². The summed E-state index contributed by atoms with van der Waals surface area (Å²) in [6, 6.07) is 3.93. The molecule has 0 bridgehead atoms. The van der Waals surface area contributed by atoms with Crippen LogP contribution in [0.3, 0.4) is 0 Å². The maximum absolute atomic E-state index is 11.3. The average molecular weight is 269 g/mol. The number of rotatable bonds is 2. The van der Waals surface area contributed by atoms with E-state index in [1.165, 1.54) is 0 Å². The lowest BCUT2D eigenvalue weighted by molar-refractivity contribution is 0.287. The zero-order valence-electron chi connectivity index (χ0n) is 10.8. The molecule has 18 heavy (non-hydrogen) atoms. The number of aromatic hydroxyl groups is 1. The van der Waals surface area contributed by atoms with Gasteiger partial charge < -0.3 is 5.11 Å². The van der Waals surface area contributed by atoms with Crippen LogP contribution in [0.5, 0.6) is 5.75 Å². The lowest BCUT2D eigenvalue weighted by atomic mass is 10.1. The molecule has 0 spiro atoms. The zero-order chi connectivity index (χ0) is 13.3. The molecule has 0 atom stereocenters. The topological polar surface area (TPSA) is 57.6 Å². The fourth-order valence-corrected chi connectivity index (χ4v) is 3.58. The van der Waals surface area contributed by atoms with Crippen LogP contribution in [0.4, 0.5) is 0 Å². The van der Waals surface area contributed by atoms with Gasteiger partial charge in [0.05, 0.1) is 11.5 Å². The summed E-state index contributed by atoms with van der Waals surface area (Å²) in [5.41, 5.74) is 2.87. The van der Waals surface area contributed by atoms with E-state index in [0.717, 1.165) is 23.2 Å². The van der Waals surface area contributed by atoms with E-state index in [2.05, 4.69) is 4.90 Å². The van der Waals surface area contributed by atoms with Crippen LogP contribution in [0.15, 0.2) is 12.1 Å². The predicted octanol–water partition coefficient (Wildman–Crippen LogP) is 1.24. The Morgan fingerprint density at radius 2 is 1.67 bits per heavy atom. The molecule has 100 valence electrons. The van der Waals surface area contributed by atoms with Gasteiger partial charge in [0.2, 0.25) is 0 Å². The standard InChI is InChI=1S/C13H19NO3S/c1-10-7-12(8-11(2)13(10)15)9-14-3-5-18(16,17)6-4-14/h7-8,15H,3-6,9H2,1-2H3. The summed E-state index contributed by atoms with van der Waals surface area (Å²) < 4.78 is 22.7. The Morgan fingerprint density at radius 1 is 1.17 bits per heavy atom. The van der Waals surface area contributed by atoms with Gasteiger partial charge in [-0.05, 0) is 30.5 Å². The molecule has 1 N–H and O–H groups in total. The summed E-state index contributed by atoms with van der Waals surface area (Å²) in [6.45, 7) is 5.71. The van der Waals surface area contributed by atoms with E-state index in [0.29, 0.717) is 18.8 Å². The van der Waals surface area contributed by atoms with Crippen LogP contribution >= 0.6 is 0 Å². The number of aryl methyl sites for hydroxylation is 2. The number of sulfone groups is 1. The molecular formula is C13H19NO3S. The quantitative estimate of drug-likeness (QED) is 0.877. The van der Waals surface area contributed by atoms with Gasteiger partial charge in [-0.3, -0.25) is 4.90 Å². The van der Waals surface area contributed by atoms with E-state index in [1.54, 1.807) is 0 Å². The normalized spacial score (nSPS) is 19.9. The van der Waals surface area contributed by atoms with Gasteiger partial charge in [0, 0.05) is 19.6 Å². The highest BCUT2D eigenvalue weighted by atomic mass is 32.2. The molecule has 0 radical (unpaired) electrons. The number of hydrogen-bond acceptors (Lipinski definition) is 4. The van der Waals surface area contributed by atoms with E-state index >= 15 is 0 Å². The molecule has 1 aromatic rings. The lowest BCUT2D eigenvalue weighted by Crippen LogP contribution is -2.39. The second kappa shape index (κ2) is 4.90. The summed E-state index contributed by atoms with van der Waals surface area (Å²) in [4.78, 5) is 2.15. The average Bonchev–Trinajstić information content (AvgIpc) is 2.29. The first-order valence-corrected chi connectivity index (χ1v) is 7.91. The molecule has 2 rings (SSSR count). The Kier molecular flexibility index (Phi) is 3.64. The largest absolute Gasteiger partial charge is 0.507 e. The van der Waals surface area contributed by atoms with Crippen molar-refractivity contribution in [2.75, 3.05) is 24.6 Å². The van der Waals surface area contributed by atoms with Gasteiger partial charge in [0.25, 0.3) is 0 Å². The number of phenols is 1.